The van der Waals surface area contributed by atoms with Gasteiger partial charge >= 0.3 is 0 Å². The van der Waals surface area contributed by atoms with Gasteiger partial charge in [0.15, 0.2) is 11.5 Å². The zero-order chi connectivity index (χ0) is 17.2. The Labute approximate surface area is 153 Å². The second kappa shape index (κ2) is 7.46. The van der Waals surface area contributed by atoms with E-state index in [4.69, 9.17) is 9.47 Å². The number of likely N-dealkylation sites (N-methyl/N-ethyl adjacent to an activating group) is 1. The summed E-state index contributed by atoms with van der Waals surface area (Å²) in [6, 6.07) is 6.57. The van der Waals surface area contributed by atoms with Gasteiger partial charge in [0.1, 0.15) is 13.2 Å². The van der Waals surface area contributed by atoms with Crippen LogP contribution in [-0.4, -0.2) is 67.4 Å². The minimum absolute atomic E-state index is 0.303. The molecule has 0 saturated carbocycles. The van der Waals surface area contributed by atoms with Gasteiger partial charge in [-0.15, -0.1) is 11.8 Å². The summed E-state index contributed by atoms with van der Waals surface area (Å²) in [4.78, 5) is 18.3. The highest BCUT2D eigenvalue weighted by molar-refractivity contribution is 7.99. The molecule has 0 aromatic heterocycles. The summed E-state index contributed by atoms with van der Waals surface area (Å²) in [7, 11) is 2.20. The number of thioether (sulfide) groups is 1. The number of hydrogen-bond donors (Lipinski definition) is 0. The molecule has 5 nitrogen and oxygen atoms in total. The average molecular weight is 362 g/mol. The molecule has 0 spiro atoms. The summed E-state index contributed by atoms with van der Waals surface area (Å²) in [5.74, 6) is 3.39. The zero-order valence-corrected chi connectivity index (χ0v) is 15.6. The van der Waals surface area contributed by atoms with Crippen molar-refractivity contribution in [3.8, 4) is 11.5 Å². The maximum absolute atomic E-state index is 12.6. The molecule has 0 unspecified atom stereocenters. The molecule has 4 aliphatic heterocycles. The highest BCUT2D eigenvalue weighted by atomic mass is 32.2. The predicted molar refractivity (Wildman–Crippen MR) is 98.5 cm³/mol. The third-order valence-electron chi connectivity index (χ3n) is 5.44. The average Bonchev–Trinajstić information content (AvgIpc) is 2.93. The van der Waals surface area contributed by atoms with E-state index in [0.29, 0.717) is 37.5 Å². The van der Waals surface area contributed by atoms with Crippen molar-refractivity contribution in [1.82, 2.24) is 9.80 Å². The molecule has 136 valence electrons. The van der Waals surface area contributed by atoms with Crippen LogP contribution in [0.4, 0.5) is 0 Å². The highest BCUT2D eigenvalue weighted by Gasteiger charge is 2.34. The first-order valence-corrected chi connectivity index (χ1v) is 10.2. The molecule has 2 bridgehead atoms. The fourth-order valence-electron chi connectivity index (χ4n) is 4.05. The summed E-state index contributed by atoms with van der Waals surface area (Å²) >= 11 is 1.72. The van der Waals surface area contributed by atoms with Crippen molar-refractivity contribution in [2.24, 2.45) is 5.92 Å². The molecular formula is C19H26N2O3S. The van der Waals surface area contributed by atoms with Gasteiger partial charge in [0, 0.05) is 42.7 Å². The number of piperidine rings is 1. The fourth-order valence-corrected chi connectivity index (χ4v) is 4.91. The number of benzene rings is 1. The van der Waals surface area contributed by atoms with Crippen molar-refractivity contribution >= 4 is 17.7 Å². The Kier molecular flexibility index (Phi) is 5.08. The number of nitrogens with zero attached hydrogens (tertiary/aromatic N) is 2. The van der Waals surface area contributed by atoms with Gasteiger partial charge in [0.2, 0.25) is 5.91 Å². The van der Waals surface area contributed by atoms with Crippen molar-refractivity contribution in [2.75, 3.05) is 45.6 Å². The van der Waals surface area contributed by atoms with E-state index in [1.165, 1.54) is 12.8 Å². The van der Waals surface area contributed by atoms with Gasteiger partial charge in [-0.05, 0) is 44.0 Å². The van der Waals surface area contributed by atoms with E-state index in [-0.39, 0.29) is 0 Å². The standard InChI is InChI=1S/C19H26N2O3S/c1-20-11-14-2-3-15(20)13-21(12-14)19(22)6-9-25-16-4-5-17-18(10-16)24-8-7-23-17/h4-5,10,14-15H,2-3,6-9,11-13H2,1H3/t14-,15-/m1/s1. The molecule has 4 aliphatic rings. The first kappa shape index (κ1) is 17.0. The Morgan fingerprint density at radius 1 is 1.16 bits per heavy atom. The molecule has 0 radical (unpaired) electrons. The number of hydrogen-bond acceptors (Lipinski definition) is 5. The summed E-state index contributed by atoms with van der Waals surface area (Å²) in [5.41, 5.74) is 0. The number of amides is 1. The van der Waals surface area contributed by atoms with Gasteiger partial charge in [-0.1, -0.05) is 0 Å². The molecule has 0 aliphatic carbocycles. The van der Waals surface area contributed by atoms with E-state index < -0.39 is 0 Å². The first-order chi connectivity index (χ1) is 12.2. The lowest BCUT2D eigenvalue weighted by molar-refractivity contribution is -0.131. The number of carbonyl (C=O) groups is 1. The van der Waals surface area contributed by atoms with Gasteiger partial charge in [0.05, 0.1) is 0 Å². The van der Waals surface area contributed by atoms with Crippen LogP contribution in [0.15, 0.2) is 23.1 Å². The lowest BCUT2D eigenvalue weighted by Gasteiger charge is -2.32. The molecule has 1 aromatic carbocycles. The van der Waals surface area contributed by atoms with Crippen LogP contribution in [0.3, 0.4) is 0 Å². The number of ether oxygens (including phenoxy) is 2. The topological polar surface area (TPSA) is 42.0 Å². The molecule has 4 heterocycles. The second-order valence-corrected chi connectivity index (χ2v) is 8.41. The molecule has 5 rings (SSSR count). The van der Waals surface area contributed by atoms with Crippen molar-refractivity contribution in [3.05, 3.63) is 18.2 Å². The monoisotopic (exact) mass is 362 g/mol. The lowest BCUT2D eigenvalue weighted by Crippen LogP contribution is -2.41. The Hall–Kier alpha value is -1.40. The lowest BCUT2D eigenvalue weighted by atomic mass is 9.96. The number of rotatable bonds is 4. The van der Waals surface area contributed by atoms with Crippen LogP contribution >= 0.6 is 11.8 Å². The van der Waals surface area contributed by atoms with E-state index in [0.717, 1.165) is 41.8 Å². The SMILES string of the molecule is CN1C[C@H]2CC[C@@H]1CN(C(=O)CCSc1ccc3c(c1)OCCO3)C2. The predicted octanol–water partition coefficient (Wildman–Crippen LogP) is 2.49. The van der Waals surface area contributed by atoms with Crippen LogP contribution < -0.4 is 9.47 Å². The summed E-state index contributed by atoms with van der Waals surface area (Å²) in [5, 5.41) is 0. The Balaban J connectivity index is 1.29. The molecule has 1 aromatic rings. The van der Waals surface area contributed by atoms with Crippen molar-refractivity contribution in [2.45, 2.75) is 30.2 Å². The van der Waals surface area contributed by atoms with Crippen LogP contribution in [0, 0.1) is 5.92 Å². The summed E-state index contributed by atoms with van der Waals surface area (Å²) in [6.07, 6.45) is 3.10. The summed E-state index contributed by atoms with van der Waals surface area (Å²) in [6.45, 7) is 4.20. The molecule has 2 atom stereocenters. The Bertz CT molecular complexity index is 639. The maximum Gasteiger partial charge on any atom is 0.223 e. The van der Waals surface area contributed by atoms with E-state index in [9.17, 15) is 4.79 Å². The van der Waals surface area contributed by atoms with E-state index in [1.807, 2.05) is 18.2 Å². The van der Waals surface area contributed by atoms with Gasteiger partial charge in [-0.3, -0.25) is 4.79 Å². The van der Waals surface area contributed by atoms with Crippen LogP contribution in [0.2, 0.25) is 0 Å². The van der Waals surface area contributed by atoms with Crippen LogP contribution in [0.5, 0.6) is 11.5 Å². The highest BCUT2D eigenvalue weighted by Crippen LogP contribution is 2.34. The minimum atomic E-state index is 0.303. The largest absolute Gasteiger partial charge is 0.486 e. The Morgan fingerprint density at radius 2 is 2.00 bits per heavy atom. The molecule has 6 heteroatoms. The fraction of sp³-hybridized carbons (Fsp3) is 0.632. The van der Waals surface area contributed by atoms with Crippen molar-refractivity contribution < 1.29 is 14.3 Å². The third kappa shape index (κ3) is 3.90. The van der Waals surface area contributed by atoms with Crippen LogP contribution in [0.1, 0.15) is 19.3 Å². The zero-order valence-electron chi connectivity index (χ0n) is 14.8. The molecule has 3 saturated heterocycles. The van der Waals surface area contributed by atoms with E-state index >= 15 is 0 Å². The smallest absolute Gasteiger partial charge is 0.223 e. The molecular weight excluding hydrogens is 336 g/mol. The van der Waals surface area contributed by atoms with Crippen LogP contribution in [0.25, 0.3) is 0 Å². The van der Waals surface area contributed by atoms with Crippen molar-refractivity contribution in [1.29, 1.82) is 0 Å². The number of carbonyl (C=O) groups excluding carboxylic acids is 1. The third-order valence-corrected chi connectivity index (χ3v) is 6.43. The van der Waals surface area contributed by atoms with Crippen LogP contribution in [-0.2, 0) is 4.79 Å². The maximum atomic E-state index is 12.6. The molecule has 25 heavy (non-hydrogen) atoms. The molecule has 1 amide bonds. The van der Waals surface area contributed by atoms with Gasteiger partial charge in [-0.2, -0.15) is 0 Å². The molecule has 3 fully saturated rings. The van der Waals surface area contributed by atoms with Gasteiger partial charge in [0.25, 0.3) is 0 Å². The normalized spacial score (nSPS) is 25.7. The van der Waals surface area contributed by atoms with Gasteiger partial charge in [-0.25, -0.2) is 0 Å². The minimum Gasteiger partial charge on any atom is -0.486 e. The van der Waals surface area contributed by atoms with Gasteiger partial charge < -0.3 is 19.3 Å². The second-order valence-electron chi connectivity index (χ2n) is 7.24. The molecule has 0 N–H and O–H groups in total. The quantitative estimate of drug-likeness (QED) is 0.770. The number of fused-ring (bicyclic) bond motifs is 5. The summed E-state index contributed by atoms with van der Waals surface area (Å²) < 4.78 is 11.2. The first-order valence-electron chi connectivity index (χ1n) is 9.19. The van der Waals surface area contributed by atoms with E-state index in [2.05, 4.69) is 16.8 Å². The van der Waals surface area contributed by atoms with E-state index in [1.54, 1.807) is 11.8 Å². The van der Waals surface area contributed by atoms with Crippen molar-refractivity contribution in [3.63, 3.8) is 0 Å². The Morgan fingerprint density at radius 3 is 2.84 bits per heavy atom.